The van der Waals surface area contributed by atoms with Crippen molar-refractivity contribution in [1.82, 2.24) is 9.80 Å². The molecule has 3 heterocycles. The molecular formula is C30H48N2O6. The maximum atomic E-state index is 14.3. The first-order valence-electron chi connectivity index (χ1n) is 14.5. The van der Waals surface area contributed by atoms with Gasteiger partial charge in [0.05, 0.1) is 30.8 Å². The minimum absolute atomic E-state index is 0.0921. The summed E-state index contributed by atoms with van der Waals surface area (Å²) in [7, 11) is 0. The van der Waals surface area contributed by atoms with Crippen molar-refractivity contribution < 1.29 is 29.0 Å². The van der Waals surface area contributed by atoms with E-state index in [1.54, 1.807) is 15.9 Å². The molecule has 0 aromatic heterocycles. The van der Waals surface area contributed by atoms with Crippen LogP contribution in [-0.4, -0.2) is 82.3 Å². The van der Waals surface area contributed by atoms with Crippen molar-refractivity contribution >= 4 is 17.8 Å². The van der Waals surface area contributed by atoms with Crippen molar-refractivity contribution in [3.8, 4) is 0 Å². The number of unbranched alkanes of at least 4 members (excludes halogenated alkanes) is 3. The van der Waals surface area contributed by atoms with Crippen LogP contribution >= 0.6 is 0 Å². The fourth-order valence-corrected chi connectivity index (χ4v) is 6.89. The largest absolute Gasteiger partial charge is 0.465 e. The molecule has 3 aliphatic heterocycles. The Hall–Kier alpha value is -2.19. The summed E-state index contributed by atoms with van der Waals surface area (Å²) in [6.07, 6.45) is 9.37. The second-order valence-electron chi connectivity index (χ2n) is 11.5. The molecular weight excluding hydrogens is 484 g/mol. The third kappa shape index (κ3) is 5.18. The number of likely N-dealkylation sites (tertiary alicyclic amines) is 1. The minimum atomic E-state index is -1.12. The van der Waals surface area contributed by atoms with E-state index in [-0.39, 0.29) is 30.9 Å². The number of hydrogen-bond donors (Lipinski definition) is 1. The van der Waals surface area contributed by atoms with Crippen LogP contribution in [0.2, 0.25) is 0 Å². The number of nitrogens with zero attached hydrogens (tertiary/aromatic N) is 2. The monoisotopic (exact) mass is 532 g/mol. The third-order valence-electron chi connectivity index (χ3n) is 8.91. The highest BCUT2D eigenvalue weighted by atomic mass is 16.6. The maximum absolute atomic E-state index is 14.3. The Balaban J connectivity index is 2.04. The number of aliphatic hydroxyl groups is 1. The molecule has 1 spiro atoms. The van der Waals surface area contributed by atoms with E-state index < -0.39 is 41.1 Å². The summed E-state index contributed by atoms with van der Waals surface area (Å²) in [6, 6.07) is -1.47. The third-order valence-corrected chi connectivity index (χ3v) is 8.91. The van der Waals surface area contributed by atoms with Crippen LogP contribution in [0.15, 0.2) is 25.3 Å². The molecule has 0 aliphatic carbocycles. The van der Waals surface area contributed by atoms with Gasteiger partial charge >= 0.3 is 5.97 Å². The zero-order valence-corrected chi connectivity index (χ0v) is 23.8. The molecule has 1 N–H and O–H groups in total. The average Bonchev–Trinajstić information content (AvgIpc) is 3.50. The predicted octanol–water partition coefficient (Wildman–Crippen LogP) is 3.87. The second kappa shape index (κ2) is 12.8. The van der Waals surface area contributed by atoms with Crippen molar-refractivity contribution in [1.29, 1.82) is 0 Å². The van der Waals surface area contributed by atoms with Gasteiger partial charge in [-0.2, -0.15) is 0 Å². The number of amides is 2. The summed E-state index contributed by atoms with van der Waals surface area (Å²) in [5.41, 5.74) is -1.95. The molecule has 3 fully saturated rings. The number of aliphatic hydroxyl groups excluding tert-OH is 1. The van der Waals surface area contributed by atoms with E-state index in [0.717, 1.165) is 32.1 Å². The van der Waals surface area contributed by atoms with Crippen LogP contribution in [0.3, 0.4) is 0 Å². The number of fused-ring (bicyclic) bond motifs is 1. The van der Waals surface area contributed by atoms with Gasteiger partial charge in [-0.3, -0.25) is 14.4 Å². The lowest BCUT2D eigenvalue weighted by atomic mass is 9.65. The average molecular weight is 533 g/mol. The van der Waals surface area contributed by atoms with Gasteiger partial charge in [-0.25, -0.2) is 0 Å². The summed E-state index contributed by atoms with van der Waals surface area (Å²) >= 11 is 0. The summed E-state index contributed by atoms with van der Waals surface area (Å²) < 4.78 is 12.5. The molecule has 3 rings (SSSR count). The maximum Gasteiger partial charge on any atom is 0.312 e. The van der Waals surface area contributed by atoms with Gasteiger partial charge in [0, 0.05) is 13.1 Å². The van der Waals surface area contributed by atoms with Crippen LogP contribution in [0.1, 0.15) is 79.1 Å². The lowest BCUT2D eigenvalue weighted by Crippen LogP contribution is -2.59. The minimum Gasteiger partial charge on any atom is -0.465 e. The predicted molar refractivity (Wildman–Crippen MR) is 146 cm³/mol. The Morgan fingerprint density at radius 1 is 1.21 bits per heavy atom. The molecule has 214 valence electrons. The first-order valence-corrected chi connectivity index (χ1v) is 14.5. The highest BCUT2D eigenvalue weighted by Crippen LogP contribution is 2.65. The van der Waals surface area contributed by atoms with Gasteiger partial charge in [0.2, 0.25) is 11.8 Å². The molecule has 8 nitrogen and oxygen atoms in total. The molecule has 0 radical (unpaired) electrons. The van der Waals surface area contributed by atoms with Gasteiger partial charge in [0.1, 0.15) is 17.6 Å². The van der Waals surface area contributed by atoms with Crippen LogP contribution in [0.4, 0.5) is 0 Å². The van der Waals surface area contributed by atoms with Gasteiger partial charge in [-0.05, 0) is 50.9 Å². The van der Waals surface area contributed by atoms with E-state index in [2.05, 4.69) is 20.1 Å². The topological polar surface area (TPSA) is 96.4 Å². The van der Waals surface area contributed by atoms with Crippen molar-refractivity contribution in [3.05, 3.63) is 25.3 Å². The lowest BCUT2D eigenvalue weighted by Gasteiger charge is -2.40. The molecule has 38 heavy (non-hydrogen) atoms. The summed E-state index contributed by atoms with van der Waals surface area (Å²) in [4.78, 5) is 45.5. The molecule has 3 aliphatic rings. The Labute approximate surface area is 228 Å². The molecule has 0 aromatic rings. The molecule has 0 aromatic carbocycles. The SMILES string of the molecule is C=CCCCCOC(=O)[C@H]1[C@H]2C(=O)N([C@@H](CO)C(C)C)C(C(=O)N(CC=C)CCCC)C23CC[C@]1(CC)O3. The van der Waals surface area contributed by atoms with Crippen LogP contribution in [0.5, 0.6) is 0 Å². The Morgan fingerprint density at radius 3 is 2.53 bits per heavy atom. The lowest BCUT2D eigenvalue weighted by molar-refractivity contribution is -0.164. The van der Waals surface area contributed by atoms with Gasteiger partial charge in [0.25, 0.3) is 0 Å². The van der Waals surface area contributed by atoms with E-state index in [0.29, 0.717) is 32.4 Å². The highest BCUT2D eigenvalue weighted by molar-refractivity contribution is 5.98. The van der Waals surface area contributed by atoms with Crippen molar-refractivity contribution in [2.24, 2.45) is 17.8 Å². The fourth-order valence-electron chi connectivity index (χ4n) is 6.89. The summed E-state index contributed by atoms with van der Waals surface area (Å²) in [5.74, 6) is -2.57. The fraction of sp³-hybridized carbons (Fsp3) is 0.767. The number of carbonyl (C=O) groups is 3. The van der Waals surface area contributed by atoms with E-state index in [1.165, 1.54) is 0 Å². The van der Waals surface area contributed by atoms with E-state index >= 15 is 0 Å². The normalized spacial score (nSPS) is 30.4. The second-order valence-corrected chi connectivity index (χ2v) is 11.5. The van der Waals surface area contributed by atoms with Crippen LogP contribution in [0.25, 0.3) is 0 Å². The number of carbonyl (C=O) groups excluding carboxylic acids is 3. The summed E-state index contributed by atoms with van der Waals surface area (Å²) in [5, 5.41) is 10.4. The quantitative estimate of drug-likeness (QED) is 0.184. The molecule has 3 saturated heterocycles. The Bertz CT molecular complexity index is 890. The van der Waals surface area contributed by atoms with E-state index in [4.69, 9.17) is 9.47 Å². The highest BCUT2D eigenvalue weighted by Gasteiger charge is 2.79. The first kappa shape index (κ1) is 30.4. The van der Waals surface area contributed by atoms with E-state index in [9.17, 15) is 19.5 Å². The van der Waals surface area contributed by atoms with Crippen molar-refractivity contribution in [3.63, 3.8) is 0 Å². The first-order chi connectivity index (χ1) is 18.2. The van der Waals surface area contributed by atoms with Gasteiger partial charge in [0.15, 0.2) is 0 Å². The standard InChI is InChI=1S/C30H48N2O6/c1-7-11-13-14-19-37-28(36)24-23-26(34)32(22(20-33)21(5)6)25(27(35)31(17-9-3)18-12-8-2)30(23)16-15-29(24,10-4)38-30/h7,9,21-25,33H,1,3,8,10-20H2,2,4-6H3/t22-,23-,24+,25?,29-,30?/m0/s1. The molecule has 2 unspecified atom stereocenters. The van der Waals surface area contributed by atoms with Gasteiger partial charge < -0.3 is 24.4 Å². The van der Waals surface area contributed by atoms with Crippen molar-refractivity contribution in [2.75, 3.05) is 26.3 Å². The Kier molecular flexibility index (Phi) is 10.2. The molecule has 2 amide bonds. The molecule has 6 atom stereocenters. The van der Waals surface area contributed by atoms with Crippen LogP contribution in [0, 0.1) is 17.8 Å². The zero-order chi connectivity index (χ0) is 28.1. The van der Waals surface area contributed by atoms with Crippen LogP contribution in [-0.2, 0) is 23.9 Å². The smallest absolute Gasteiger partial charge is 0.312 e. The number of esters is 1. The van der Waals surface area contributed by atoms with Crippen molar-refractivity contribution in [2.45, 2.75) is 102 Å². The number of hydrogen-bond acceptors (Lipinski definition) is 6. The number of ether oxygens (including phenoxy) is 2. The zero-order valence-electron chi connectivity index (χ0n) is 23.8. The number of rotatable bonds is 16. The molecule has 8 heteroatoms. The number of allylic oxidation sites excluding steroid dienone is 1. The van der Waals surface area contributed by atoms with Crippen LogP contribution < -0.4 is 0 Å². The molecule has 2 bridgehead atoms. The van der Waals surface area contributed by atoms with E-state index in [1.807, 2.05) is 26.8 Å². The van der Waals surface area contributed by atoms with Gasteiger partial charge in [-0.1, -0.05) is 46.3 Å². The summed E-state index contributed by atoms with van der Waals surface area (Å²) in [6.45, 7) is 16.4. The molecule has 0 saturated carbocycles. The Morgan fingerprint density at radius 2 is 1.95 bits per heavy atom. The van der Waals surface area contributed by atoms with Gasteiger partial charge in [-0.15, -0.1) is 13.2 Å².